The standard InChI is InChI=1S/C4H6O2.C4H8.4C2H4O.3C2H6.3CH4/c1-2-3-4(5)6;1-3-4-2;4*1-2-3;3*1-2;;;/h2-3H,1H3,(H,5,6);3-4H,1-2H3;4*2H,1H3;3*1-2H3;3*1H4/b3-2+;4-3+;;;;;;;;;;. The zero-order valence-electron chi connectivity index (χ0n) is 20.6. The number of carbonyl (C=O) groups excluding carboxylic acids is 4. The van der Waals surface area contributed by atoms with Gasteiger partial charge in [0.1, 0.15) is 25.1 Å². The van der Waals surface area contributed by atoms with Crippen molar-refractivity contribution in [3.63, 3.8) is 0 Å². The van der Waals surface area contributed by atoms with Crippen LogP contribution < -0.4 is 0 Å². The van der Waals surface area contributed by atoms with Gasteiger partial charge in [-0.25, -0.2) is 4.79 Å². The Bertz CT molecular complexity index is 243. The zero-order chi connectivity index (χ0) is 25.2. The van der Waals surface area contributed by atoms with Crippen LogP contribution in [-0.4, -0.2) is 36.2 Å². The maximum atomic E-state index is 9.51. The molecule has 0 spiro atoms. The molecule has 0 saturated heterocycles. The lowest BCUT2D eigenvalue weighted by Crippen LogP contribution is -1.83. The van der Waals surface area contributed by atoms with Gasteiger partial charge in [-0.3, -0.25) is 0 Å². The highest BCUT2D eigenvalue weighted by atomic mass is 16.4. The predicted octanol–water partition coefficient (Wildman–Crippen LogP) is 8.04. The lowest BCUT2D eigenvalue weighted by molar-refractivity contribution is -0.131. The van der Waals surface area contributed by atoms with Gasteiger partial charge < -0.3 is 24.3 Å². The SMILES string of the molecule is C.C.C.C/C=C/C.C/C=C/C(=O)O.CC.CC.CC.CC=O.CC=O.CC=O.CC=O. The van der Waals surface area contributed by atoms with Crippen molar-refractivity contribution >= 4 is 31.1 Å². The van der Waals surface area contributed by atoms with E-state index in [1.165, 1.54) is 33.8 Å². The molecular weight excluding hydrogens is 396 g/mol. The molecule has 0 aromatic rings. The number of carboxylic acids is 1. The molecule has 0 heterocycles. The van der Waals surface area contributed by atoms with Gasteiger partial charge in [0.25, 0.3) is 0 Å². The van der Waals surface area contributed by atoms with E-state index in [2.05, 4.69) is 0 Å². The third kappa shape index (κ3) is 6830. The highest BCUT2D eigenvalue weighted by molar-refractivity contribution is 5.79. The second-order valence-electron chi connectivity index (χ2n) is 2.45. The van der Waals surface area contributed by atoms with Crippen molar-refractivity contribution in [3.05, 3.63) is 24.3 Å². The van der Waals surface area contributed by atoms with Crippen LogP contribution in [0.5, 0.6) is 0 Å². The zero-order valence-corrected chi connectivity index (χ0v) is 20.6. The number of hydrogen-bond donors (Lipinski definition) is 1. The van der Waals surface area contributed by atoms with Gasteiger partial charge in [-0.2, -0.15) is 0 Å². The van der Waals surface area contributed by atoms with E-state index >= 15 is 0 Å². The topological polar surface area (TPSA) is 106 Å². The molecule has 0 bridgehead atoms. The lowest BCUT2D eigenvalue weighted by Gasteiger charge is -1.68. The molecule has 0 aliphatic carbocycles. The number of rotatable bonds is 1. The molecule has 0 fully saturated rings. The summed E-state index contributed by atoms with van der Waals surface area (Å²) >= 11 is 0. The molecule has 0 radical (unpaired) electrons. The van der Waals surface area contributed by atoms with Crippen molar-refractivity contribution in [3.8, 4) is 0 Å². The number of carbonyl (C=O) groups is 5. The van der Waals surface area contributed by atoms with E-state index in [1.807, 2.05) is 67.5 Å². The molecule has 0 amide bonds. The second kappa shape index (κ2) is 263. The van der Waals surface area contributed by atoms with Gasteiger partial charge in [0.05, 0.1) is 0 Å². The van der Waals surface area contributed by atoms with Crippen LogP contribution in [0, 0.1) is 0 Å². The summed E-state index contributed by atoms with van der Waals surface area (Å²) in [5.74, 6) is -0.891. The number of carboxylic acid groups (broad SMARTS) is 1. The van der Waals surface area contributed by atoms with E-state index in [0.29, 0.717) is 0 Å². The summed E-state index contributed by atoms with van der Waals surface area (Å²) in [4.78, 5) is 44.7. The third-order valence-electron chi connectivity index (χ3n) is 0.643. The van der Waals surface area contributed by atoms with Crippen LogP contribution in [0.4, 0.5) is 0 Å². The maximum Gasteiger partial charge on any atom is 0.327 e. The molecule has 6 nitrogen and oxygen atoms in total. The van der Waals surface area contributed by atoms with E-state index in [4.69, 9.17) is 24.3 Å². The molecule has 0 rings (SSSR count). The van der Waals surface area contributed by atoms with Crippen molar-refractivity contribution in [1.82, 2.24) is 0 Å². The highest BCUT2D eigenvalue weighted by Crippen LogP contribution is 1.65. The quantitative estimate of drug-likeness (QED) is 0.243. The van der Waals surface area contributed by atoms with Crippen molar-refractivity contribution in [2.24, 2.45) is 0 Å². The second-order valence-corrected chi connectivity index (χ2v) is 2.45. The van der Waals surface area contributed by atoms with Crippen LogP contribution in [0.2, 0.25) is 0 Å². The number of allylic oxidation sites excluding steroid dienone is 3. The fraction of sp³-hybridized carbons (Fsp3) is 0.640. The Kier molecular flexibility index (Phi) is 671. The van der Waals surface area contributed by atoms with Gasteiger partial charge in [0.2, 0.25) is 0 Å². The molecule has 1 N–H and O–H groups in total. The minimum absolute atomic E-state index is 0. The fourth-order valence-electron chi connectivity index (χ4n) is 0.143. The Balaban J connectivity index is -0.0000000133. The minimum atomic E-state index is -0.891. The van der Waals surface area contributed by atoms with Crippen LogP contribution >= 0.6 is 0 Å². The third-order valence-corrected chi connectivity index (χ3v) is 0.643. The Morgan fingerprint density at radius 1 is 0.484 bits per heavy atom. The van der Waals surface area contributed by atoms with Crippen molar-refractivity contribution in [1.29, 1.82) is 0 Å². The summed E-state index contributed by atoms with van der Waals surface area (Å²) in [6.45, 7) is 23.4. The molecule has 0 aromatic carbocycles. The Hall–Kier alpha value is -2.37. The van der Waals surface area contributed by atoms with E-state index in [0.717, 1.165) is 31.2 Å². The number of hydrogen-bond acceptors (Lipinski definition) is 5. The van der Waals surface area contributed by atoms with Crippen LogP contribution in [0.1, 0.15) is 112 Å². The molecule has 0 saturated carbocycles. The first-order chi connectivity index (χ1) is 13.3. The first kappa shape index (κ1) is 79.0. The van der Waals surface area contributed by atoms with Crippen LogP contribution in [0.15, 0.2) is 24.3 Å². The Labute approximate surface area is 197 Å². The number of aldehydes is 4. The normalized spacial score (nSPS) is 5.32. The highest BCUT2D eigenvalue weighted by Gasteiger charge is 1.76. The van der Waals surface area contributed by atoms with Gasteiger partial charge in [-0.05, 0) is 48.5 Å². The van der Waals surface area contributed by atoms with Gasteiger partial charge in [0, 0.05) is 6.08 Å². The summed E-state index contributed by atoms with van der Waals surface area (Å²) in [6.07, 6.45) is 9.56. The molecule has 0 atom stereocenters. The average Bonchev–Trinajstić information content (AvgIpc) is 2.69. The largest absolute Gasteiger partial charge is 0.478 e. The molecule has 6 heteroatoms. The first-order valence-electron chi connectivity index (χ1n) is 9.37. The van der Waals surface area contributed by atoms with Gasteiger partial charge in [-0.1, -0.05) is 82.1 Å². The summed E-state index contributed by atoms with van der Waals surface area (Å²) in [6, 6.07) is 0. The molecule has 31 heavy (non-hydrogen) atoms. The summed E-state index contributed by atoms with van der Waals surface area (Å²) in [7, 11) is 0. The van der Waals surface area contributed by atoms with Crippen LogP contribution in [0.3, 0.4) is 0 Å². The minimum Gasteiger partial charge on any atom is -0.478 e. The van der Waals surface area contributed by atoms with Crippen molar-refractivity contribution in [2.45, 2.75) is 112 Å². The van der Waals surface area contributed by atoms with Gasteiger partial charge in [0.15, 0.2) is 0 Å². The van der Waals surface area contributed by atoms with E-state index < -0.39 is 5.97 Å². The molecule has 0 aliphatic heterocycles. The van der Waals surface area contributed by atoms with E-state index in [-0.39, 0.29) is 22.3 Å². The summed E-state index contributed by atoms with van der Waals surface area (Å²) < 4.78 is 0. The molecular formula is C25H60O6. The van der Waals surface area contributed by atoms with Crippen LogP contribution in [0.25, 0.3) is 0 Å². The van der Waals surface area contributed by atoms with Gasteiger partial charge in [-0.15, -0.1) is 0 Å². The monoisotopic (exact) mass is 456 g/mol. The smallest absolute Gasteiger partial charge is 0.327 e. The Morgan fingerprint density at radius 3 is 0.613 bits per heavy atom. The average molecular weight is 457 g/mol. The predicted molar refractivity (Wildman–Crippen MR) is 144 cm³/mol. The molecule has 196 valence electrons. The molecule has 0 aliphatic rings. The lowest BCUT2D eigenvalue weighted by atomic mass is 10.5. The number of aliphatic carboxylic acids is 1. The molecule has 0 unspecified atom stereocenters. The van der Waals surface area contributed by atoms with E-state index in [9.17, 15) is 4.79 Å². The van der Waals surface area contributed by atoms with Crippen LogP contribution in [-0.2, 0) is 24.0 Å². The molecule has 0 aromatic heterocycles. The summed E-state index contributed by atoms with van der Waals surface area (Å²) in [5, 5.41) is 7.83. The van der Waals surface area contributed by atoms with Crippen molar-refractivity contribution in [2.75, 3.05) is 0 Å². The summed E-state index contributed by atoms with van der Waals surface area (Å²) in [5.41, 5.74) is 0. The van der Waals surface area contributed by atoms with Crippen molar-refractivity contribution < 1.29 is 29.1 Å². The fourth-order valence-corrected chi connectivity index (χ4v) is 0.143. The Morgan fingerprint density at radius 2 is 0.613 bits per heavy atom. The van der Waals surface area contributed by atoms with E-state index in [1.54, 1.807) is 6.92 Å². The first-order valence-corrected chi connectivity index (χ1v) is 9.37. The maximum absolute atomic E-state index is 9.51. The van der Waals surface area contributed by atoms with Gasteiger partial charge >= 0.3 is 5.97 Å².